The van der Waals surface area contributed by atoms with Crippen LogP contribution < -0.4 is 15.0 Å². The van der Waals surface area contributed by atoms with Crippen LogP contribution in [0.4, 0.5) is 11.4 Å². The lowest BCUT2D eigenvalue weighted by Crippen LogP contribution is -2.48. The summed E-state index contributed by atoms with van der Waals surface area (Å²) in [5.74, 6) is 0.100. The quantitative estimate of drug-likeness (QED) is 0.342. The highest BCUT2D eigenvalue weighted by Gasteiger charge is 2.34. The van der Waals surface area contributed by atoms with E-state index in [0.29, 0.717) is 23.5 Å². The highest BCUT2D eigenvalue weighted by atomic mass is 32.1. The van der Waals surface area contributed by atoms with Crippen molar-refractivity contribution in [3.05, 3.63) is 83.2 Å². The molecule has 0 bridgehead atoms. The van der Waals surface area contributed by atoms with Crippen molar-refractivity contribution in [1.29, 1.82) is 0 Å². The van der Waals surface area contributed by atoms with Gasteiger partial charge in [-0.05, 0) is 61.7 Å². The van der Waals surface area contributed by atoms with Gasteiger partial charge in [-0.2, -0.15) is 0 Å². The Kier molecular flexibility index (Phi) is 6.57. The lowest BCUT2D eigenvalue weighted by atomic mass is 10.1. The van der Waals surface area contributed by atoms with Crippen molar-refractivity contribution in [3.8, 4) is 27.6 Å². The van der Waals surface area contributed by atoms with Gasteiger partial charge in [0.1, 0.15) is 17.3 Å². The van der Waals surface area contributed by atoms with Gasteiger partial charge in [-0.3, -0.25) is 14.5 Å². The van der Waals surface area contributed by atoms with E-state index in [4.69, 9.17) is 9.72 Å². The number of nitrogens with one attached hydrogen (secondary N) is 1. The van der Waals surface area contributed by atoms with E-state index in [2.05, 4.69) is 5.32 Å². The first kappa shape index (κ1) is 23.8. The zero-order valence-electron chi connectivity index (χ0n) is 20.4. The predicted octanol–water partition coefficient (Wildman–Crippen LogP) is 6.24. The van der Waals surface area contributed by atoms with E-state index in [1.165, 1.54) is 4.90 Å². The van der Waals surface area contributed by atoms with Gasteiger partial charge >= 0.3 is 0 Å². The van der Waals surface area contributed by atoms with Crippen molar-refractivity contribution >= 4 is 34.5 Å². The third-order valence-corrected chi connectivity index (χ3v) is 7.24. The molecule has 1 aliphatic rings. The normalized spacial score (nSPS) is 14.8. The Hall–Kier alpha value is -3.97. The van der Waals surface area contributed by atoms with Crippen LogP contribution >= 0.6 is 11.3 Å². The fourth-order valence-corrected chi connectivity index (χ4v) is 5.02. The van der Waals surface area contributed by atoms with Crippen LogP contribution in [0.3, 0.4) is 0 Å². The van der Waals surface area contributed by atoms with Crippen molar-refractivity contribution in [3.63, 3.8) is 0 Å². The maximum absolute atomic E-state index is 13.3. The Morgan fingerprint density at radius 2 is 1.83 bits per heavy atom. The molecule has 4 aromatic rings. The third-order valence-electron chi connectivity index (χ3n) is 6.34. The molecule has 6 nitrogen and oxygen atoms in total. The summed E-state index contributed by atoms with van der Waals surface area (Å²) in [6.07, 6.45) is -0.108. The molecule has 1 N–H and O–H groups in total. The van der Waals surface area contributed by atoms with E-state index in [1.54, 1.807) is 11.3 Å². The number of anilines is 2. The molecule has 1 aliphatic heterocycles. The average Bonchev–Trinajstić information content (AvgIpc) is 3.38. The maximum Gasteiger partial charge on any atom is 0.268 e. The molecule has 1 aromatic heterocycles. The molecular weight excluding hydrogens is 470 g/mol. The molecule has 0 fully saturated rings. The van der Waals surface area contributed by atoms with E-state index in [-0.39, 0.29) is 18.4 Å². The molecular formula is C29H27N3O3S. The van der Waals surface area contributed by atoms with Crippen molar-refractivity contribution in [2.24, 2.45) is 0 Å². The van der Waals surface area contributed by atoms with Gasteiger partial charge in [0.25, 0.3) is 5.91 Å². The van der Waals surface area contributed by atoms with Gasteiger partial charge in [-0.1, -0.05) is 43.3 Å². The molecule has 1 atom stereocenters. The number of ether oxygens (including phenoxy) is 1. The second kappa shape index (κ2) is 9.95. The standard InChI is InChI=1S/C29H27N3O3S/c1-4-25-29(34)32(16-27(33)30-22-12-10-18(2)19(3)14-22)24-15-21(11-13-26(24)35-25)23-17-36-28(31-23)20-8-6-5-7-9-20/h5-15,17,25H,4,16H2,1-3H3,(H,30,33). The van der Waals surface area contributed by atoms with Gasteiger partial charge < -0.3 is 10.1 Å². The van der Waals surface area contributed by atoms with Crippen LogP contribution in [0.5, 0.6) is 5.75 Å². The first-order valence-electron chi connectivity index (χ1n) is 11.9. The van der Waals surface area contributed by atoms with Crippen molar-refractivity contribution in [2.45, 2.75) is 33.3 Å². The summed E-state index contributed by atoms with van der Waals surface area (Å²) in [4.78, 5) is 32.6. The minimum atomic E-state index is -0.623. The zero-order chi connectivity index (χ0) is 25.2. The van der Waals surface area contributed by atoms with Crippen LogP contribution in [0.15, 0.2) is 72.1 Å². The van der Waals surface area contributed by atoms with Gasteiger partial charge in [-0.25, -0.2) is 4.98 Å². The topological polar surface area (TPSA) is 71.5 Å². The number of thiazole rings is 1. The molecule has 2 heterocycles. The van der Waals surface area contributed by atoms with Gasteiger partial charge in [0, 0.05) is 22.2 Å². The second-order valence-electron chi connectivity index (χ2n) is 8.87. The number of hydrogen-bond donors (Lipinski definition) is 1. The lowest BCUT2D eigenvalue weighted by molar-refractivity contribution is -0.128. The highest BCUT2D eigenvalue weighted by Crippen LogP contribution is 2.39. The Labute approximate surface area is 214 Å². The van der Waals surface area contributed by atoms with E-state index in [1.807, 2.05) is 92.9 Å². The minimum Gasteiger partial charge on any atom is -0.478 e. The molecule has 2 amide bonds. The Morgan fingerprint density at radius 1 is 1.03 bits per heavy atom. The summed E-state index contributed by atoms with van der Waals surface area (Å²) < 4.78 is 5.98. The monoisotopic (exact) mass is 497 g/mol. The summed E-state index contributed by atoms with van der Waals surface area (Å²) in [5, 5.41) is 5.85. The van der Waals surface area contributed by atoms with Crippen molar-refractivity contribution in [2.75, 3.05) is 16.8 Å². The molecule has 0 spiro atoms. The van der Waals surface area contributed by atoms with E-state index < -0.39 is 6.10 Å². The van der Waals surface area contributed by atoms with E-state index in [0.717, 1.165) is 33.0 Å². The average molecular weight is 498 g/mol. The van der Waals surface area contributed by atoms with Gasteiger partial charge in [-0.15, -0.1) is 11.3 Å². The first-order valence-corrected chi connectivity index (χ1v) is 12.8. The van der Waals surface area contributed by atoms with Crippen molar-refractivity contribution < 1.29 is 14.3 Å². The van der Waals surface area contributed by atoms with Crippen LogP contribution in [0.1, 0.15) is 24.5 Å². The highest BCUT2D eigenvalue weighted by molar-refractivity contribution is 7.13. The number of amides is 2. The van der Waals surface area contributed by atoms with Crippen LogP contribution in [0, 0.1) is 13.8 Å². The number of hydrogen-bond acceptors (Lipinski definition) is 5. The van der Waals surface area contributed by atoms with Crippen LogP contribution in [0.2, 0.25) is 0 Å². The number of carbonyl (C=O) groups excluding carboxylic acids is 2. The molecule has 5 rings (SSSR count). The molecule has 0 aliphatic carbocycles. The second-order valence-corrected chi connectivity index (χ2v) is 9.73. The van der Waals surface area contributed by atoms with E-state index in [9.17, 15) is 9.59 Å². The Balaban J connectivity index is 1.43. The van der Waals surface area contributed by atoms with Crippen molar-refractivity contribution in [1.82, 2.24) is 4.98 Å². The summed E-state index contributed by atoms with van der Waals surface area (Å²) in [5.41, 5.74) is 6.26. The largest absolute Gasteiger partial charge is 0.478 e. The molecule has 0 saturated carbocycles. The smallest absolute Gasteiger partial charge is 0.268 e. The van der Waals surface area contributed by atoms with Gasteiger partial charge in [0.2, 0.25) is 5.91 Å². The Morgan fingerprint density at radius 3 is 2.58 bits per heavy atom. The first-order chi connectivity index (χ1) is 17.4. The summed E-state index contributed by atoms with van der Waals surface area (Å²) >= 11 is 1.57. The fraction of sp³-hybridized carbons (Fsp3) is 0.207. The number of aromatic nitrogens is 1. The van der Waals surface area contributed by atoms with Crippen LogP contribution in [0.25, 0.3) is 21.8 Å². The molecule has 0 radical (unpaired) electrons. The summed E-state index contributed by atoms with van der Waals surface area (Å²) in [7, 11) is 0. The van der Waals surface area contributed by atoms with Gasteiger partial charge in [0.05, 0.1) is 11.4 Å². The number of benzene rings is 3. The van der Waals surface area contributed by atoms with Crippen LogP contribution in [-0.4, -0.2) is 29.4 Å². The molecule has 7 heteroatoms. The Bertz CT molecular complexity index is 1430. The molecule has 1 unspecified atom stereocenters. The lowest BCUT2D eigenvalue weighted by Gasteiger charge is -2.34. The number of rotatable bonds is 6. The fourth-order valence-electron chi connectivity index (χ4n) is 4.19. The molecule has 36 heavy (non-hydrogen) atoms. The zero-order valence-corrected chi connectivity index (χ0v) is 21.3. The number of nitrogens with zero attached hydrogens (tertiary/aromatic N) is 2. The summed E-state index contributed by atoms with van der Waals surface area (Å²) in [6, 6.07) is 21.5. The van der Waals surface area contributed by atoms with E-state index >= 15 is 0 Å². The minimum absolute atomic E-state index is 0.103. The predicted molar refractivity (Wildman–Crippen MR) is 145 cm³/mol. The number of aryl methyl sites for hydroxylation is 2. The molecule has 0 saturated heterocycles. The van der Waals surface area contributed by atoms with Crippen LogP contribution in [-0.2, 0) is 9.59 Å². The third kappa shape index (κ3) is 4.75. The number of fused-ring (bicyclic) bond motifs is 1. The SMILES string of the molecule is CCC1Oc2ccc(-c3csc(-c4ccccc4)n3)cc2N(CC(=O)Nc2ccc(C)c(C)c2)C1=O. The maximum atomic E-state index is 13.3. The molecule has 182 valence electrons. The molecule has 3 aromatic carbocycles. The number of carbonyl (C=O) groups is 2. The van der Waals surface area contributed by atoms with Gasteiger partial charge in [0.15, 0.2) is 6.10 Å². The summed E-state index contributed by atoms with van der Waals surface area (Å²) in [6.45, 7) is 5.82.